The number of rotatable bonds is 6. The van der Waals surface area contributed by atoms with Gasteiger partial charge in [0.15, 0.2) is 5.60 Å². The van der Waals surface area contributed by atoms with Crippen molar-refractivity contribution in [3.05, 3.63) is 42.5 Å². The number of nitrogens with one attached hydrogen (secondary N) is 1. The number of nitrogens with zero attached hydrogens (tertiary/aromatic N) is 2. The molecule has 1 aromatic heterocycles. The minimum Gasteiger partial charge on any atom is -0.478 e. The van der Waals surface area contributed by atoms with Crippen molar-refractivity contribution < 1.29 is 18.7 Å². The van der Waals surface area contributed by atoms with Crippen molar-refractivity contribution in [1.29, 1.82) is 0 Å². The molecule has 7 heteroatoms. The summed E-state index contributed by atoms with van der Waals surface area (Å²) >= 11 is 0. The van der Waals surface area contributed by atoms with E-state index in [2.05, 4.69) is 10.4 Å². The summed E-state index contributed by atoms with van der Waals surface area (Å²) in [5.74, 6) is -0.239. The summed E-state index contributed by atoms with van der Waals surface area (Å²) in [5, 5.41) is 7.04. The van der Waals surface area contributed by atoms with Crippen molar-refractivity contribution >= 4 is 11.6 Å². The van der Waals surface area contributed by atoms with Crippen LogP contribution in [0, 0.1) is 5.82 Å². The number of halogens is 1. The van der Waals surface area contributed by atoms with Gasteiger partial charge in [0.25, 0.3) is 5.91 Å². The Bertz CT molecular complexity index is 721. The molecule has 1 fully saturated rings. The molecule has 0 saturated carbocycles. The van der Waals surface area contributed by atoms with Crippen LogP contribution in [-0.4, -0.2) is 34.0 Å². The van der Waals surface area contributed by atoms with Gasteiger partial charge < -0.3 is 14.8 Å². The highest BCUT2D eigenvalue weighted by Crippen LogP contribution is 2.21. The van der Waals surface area contributed by atoms with Gasteiger partial charge in [-0.1, -0.05) is 0 Å². The standard InChI is InChI=1S/C18H22FN3O3/c1-18(2,25-15-7-5-13(19)6-8-15)17(23)21-14-10-20-22(11-14)12-16-4-3-9-24-16/h5-8,10-11,16H,3-4,9,12H2,1-2H3,(H,21,23). The second-order valence-corrected chi connectivity index (χ2v) is 6.61. The fraction of sp³-hybridized carbons (Fsp3) is 0.444. The van der Waals surface area contributed by atoms with E-state index in [9.17, 15) is 9.18 Å². The van der Waals surface area contributed by atoms with Gasteiger partial charge in [0.05, 0.1) is 24.5 Å². The van der Waals surface area contributed by atoms with Crippen LogP contribution in [0.4, 0.5) is 10.1 Å². The summed E-state index contributed by atoms with van der Waals surface area (Å²) in [4.78, 5) is 12.5. The predicted octanol–water partition coefficient (Wildman–Crippen LogP) is 3.00. The second kappa shape index (κ2) is 7.23. The molecular weight excluding hydrogens is 325 g/mol. The highest BCUT2D eigenvalue weighted by Gasteiger charge is 2.30. The smallest absolute Gasteiger partial charge is 0.268 e. The number of carbonyl (C=O) groups is 1. The monoisotopic (exact) mass is 347 g/mol. The van der Waals surface area contributed by atoms with Crippen molar-refractivity contribution in [2.75, 3.05) is 11.9 Å². The maximum absolute atomic E-state index is 13.0. The molecule has 0 spiro atoms. The van der Waals surface area contributed by atoms with Gasteiger partial charge in [-0.3, -0.25) is 9.48 Å². The van der Waals surface area contributed by atoms with E-state index in [1.54, 1.807) is 30.9 Å². The second-order valence-electron chi connectivity index (χ2n) is 6.61. The molecular formula is C18H22FN3O3. The molecule has 2 heterocycles. The summed E-state index contributed by atoms with van der Waals surface area (Å²) in [6.45, 7) is 4.78. The van der Waals surface area contributed by atoms with Gasteiger partial charge in [0.1, 0.15) is 11.6 Å². The third-order valence-corrected chi connectivity index (χ3v) is 4.04. The molecule has 1 unspecified atom stereocenters. The van der Waals surface area contributed by atoms with Gasteiger partial charge in [0.2, 0.25) is 0 Å². The van der Waals surface area contributed by atoms with E-state index in [1.165, 1.54) is 24.3 Å². The van der Waals surface area contributed by atoms with E-state index in [0.29, 0.717) is 18.0 Å². The molecule has 1 amide bonds. The molecule has 1 aliphatic heterocycles. The van der Waals surface area contributed by atoms with E-state index in [0.717, 1.165) is 19.4 Å². The largest absolute Gasteiger partial charge is 0.478 e. The van der Waals surface area contributed by atoms with E-state index in [-0.39, 0.29) is 17.8 Å². The third-order valence-electron chi connectivity index (χ3n) is 4.04. The first-order valence-electron chi connectivity index (χ1n) is 8.32. The fourth-order valence-corrected chi connectivity index (χ4v) is 2.65. The first-order valence-corrected chi connectivity index (χ1v) is 8.32. The zero-order valence-electron chi connectivity index (χ0n) is 14.4. The summed E-state index contributed by atoms with van der Waals surface area (Å²) in [6.07, 6.45) is 5.65. The Hall–Kier alpha value is -2.41. The Morgan fingerprint density at radius 1 is 1.44 bits per heavy atom. The highest BCUT2D eigenvalue weighted by molar-refractivity contribution is 5.96. The van der Waals surface area contributed by atoms with E-state index < -0.39 is 5.60 Å². The Kier molecular flexibility index (Phi) is 5.03. The lowest BCUT2D eigenvalue weighted by molar-refractivity contribution is -0.128. The van der Waals surface area contributed by atoms with Crippen LogP contribution in [0.3, 0.4) is 0 Å². The predicted molar refractivity (Wildman–Crippen MR) is 90.9 cm³/mol. The number of hydrogen-bond donors (Lipinski definition) is 1. The Balaban J connectivity index is 1.58. The topological polar surface area (TPSA) is 65.4 Å². The average molecular weight is 347 g/mol. The van der Waals surface area contributed by atoms with Gasteiger partial charge in [-0.15, -0.1) is 0 Å². The van der Waals surface area contributed by atoms with Crippen LogP contribution in [0.1, 0.15) is 26.7 Å². The summed E-state index contributed by atoms with van der Waals surface area (Å²) < 4.78 is 26.0. The molecule has 1 saturated heterocycles. The molecule has 1 aliphatic rings. The van der Waals surface area contributed by atoms with Crippen LogP contribution in [0.15, 0.2) is 36.7 Å². The first-order chi connectivity index (χ1) is 11.9. The van der Waals surface area contributed by atoms with Crippen molar-refractivity contribution in [2.24, 2.45) is 0 Å². The Morgan fingerprint density at radius 3 is 2.88 bits per heavy atom. The van der Waals surface area contributed by atoms with Crippen molar-refractivity contribution in [1.82, 2.24) is 9.78 Å². The van der Waals surface area contributed by atoms with Crippen LogP contribution in [-0.2, 0) is 16.1 Å². The van der Waals surface area contributed by atoms with E-state index in [4.69, 9.17) is 9.47 Å². The molecule has 0 aliphatic carbocycles. The lowest BCUT2D eigenvalue weighted by Crippen LogP contribution is -2.42. The number of anilines is 1. The van der Waals surface area contributed by atoms with Gasteiger partial charge in [-0.25, -0.2) is 4.39 Å². The molecule has 1 atom stereocenters. The van der Waals surface area contributed by atoms with E-state index >= 15 is 0 Å². The molecule has 0 radical (unpaired) electrons. The average Bonchev–Trinajstić information content (AvgIpc) is 3.22. The molecule has 6 nitrogen and oxygen atoms in total. The minimum absolute atomic E-state index is 0.182. The van der Waals surface area contributed by atoms with Gasteiger partial charge in [-0.2, -0.15) is 5.10 Å². The number of hydrogen-bond acceptors (Lipinski definition) is 4. The van der Waals surface area contributed by atoms with Crippen LogP contribution in [0.2, 0.25) is 0 Å². The highest BCUT2D eigenvalue weighted by atomic mass is 19.1. The van der Waals surface area contributed by atoms with Gasteiger partial charge in [0, 0.05) is 12.8 Å². The molecule has 25 heavy (non-hydrogen) atoms. The number of ether oxygens (including phenoxy) is 2. The van der Waals surface area contributed by atoms with Crippen LogP contribution >= 0.6 is 0 Å². The normalized spacial score (nSPS) is 17.5. The van der Waals surface area contributed by atoms with Crippen LogP contribution < -0.4 is 10.1 Å². The van der Waals surface area contributed by atoms with Crippen molar-refractivity contribution in [2.45, 2.75) is 44.9 Å². The first kappa shape index (κ1) is 17.4. The quantitative estimate of drug-likeness (QED) is 0.872. The lowest BCUT2D eigenvalue weighted by atomic mass is 10.1. The number of benzene rings is 1. The summed E-state index contributed by atoms with van der Waals surface area (Å²) in [5.41, 5.74) is -0.520. The number of aromatic nitrogens is 2. The fourth-order valence-electron chi connectivity index (χ4n) is 2.65. The van der Waals surface area contributed by atoms with E-state index in [1.807, 2.05) is 0 Å². The zero-order chi connectivity index (χ0) is 17.9. The van der Waals surface area contributed by atoms with Crippen molar-refractivity contribution in [3.8, 4) is 5.75 Å². The lowest BCUT2D eigenvalue weighted by Gasteiger charge is -2.25. The SMILES string of the molecule is CC(C)(Oc1ccc(F)cc1)C(=O)Nc1cnn(CC2CCCO2)c1. The van der Waals surface area contributed by atoms with Gasteiger partial charge >= 0.3 is 0 Å². The molecule has 134 valence electrons. The number of amides is 1. The third kappa shape index (κ3) is 4.57. The molecule has 0 bridgehead atoms. The van der Waals surface area contributed by atoms with Crippen molar-refractivity contribution in [3.63, 3.8) is 0 Å². The Labute approximate surface area is 145 Å². The van der Waals surface area contributed by atoms with Gasteiger partial charge in [-0.05, 0) is 51.0 Å². The molecule has 1 N–H and O–H groups in total. The maximum Gasteiger partial charge on any atom is 0.268 e. The van der Waals surface area contributed by atoms with Crippen LogP contribution in [0.25, 0.3) is 0 Å². The number of carbonyl (C=O) groups excluding carboxylic acids is 1. The molecule has 1 aromatic carbocycles. The summed E-state index contributed by atoms with van der Waals surface area (Å²) in [7, 11) is 0. The van der Waals surface area contributed by atoms with Crippen LogP contribution in [0.5, 0.6) is 5.75 Å². The molecule has 2 aromatic rings. The minimum atomic E-state index is -1.12. The Morgan fingerprint density at radius 2 is 2.20 bits per heavy atom. The molecule has 3 rings (SSSR count). The summed E-state index contributed by atoms with van der Waals surface area (Å²) in [6, 6.07) is 5.56. The zero-order valence-corrected chi connectivity index (χ0v) is 14.4. The maximum atomic E-state index is 13.0.